The Bertz CT molecular complexity index is 2020. The number of nitrogens with zero attached hydrogens (tertiary/aromatic N) is 4. The molecule has 1 aliphatic carbocycles. The van der Waals surface area contributed by atoms with Gasteiger partial charge >= 0.3 is 5.97 Å². The molecule has 0 saturated heterocycles. The number of aryl methyl sites for hydroxylation is 2. The molecule has 11 nitrogen and oxygen atoms in total. The van der Waals surface area contributed by atoms with Crippen molar-refractivity contribution in [2.45, 2.75) is 39.7 Å². The number of carboxylic acid groups (broad SMARTS) is 1. The molecule has 3 aromatic carbocycles. The van der Waals surface area contributed by atoms with E-state index in [0.717, 1.165) is 16.7 Å². The Labute approximate surface area is 282 Å². The number of allylic oxidation sites excluding steroid dienone is 4. The number of carbonyl (C=O) groups is 3. The van der Waals surface area contributed by atoms with E-state index in [2.05, 4.69) is 70.9 Å². The molecule has 0 radical (unpaired) electrons. The summed E-state index contributed by atoms with van der Waals surface area (Å²) in [6.45, 7) is 5.59. The van der Waals surface area contributed by atoms with Gasteiger partial charge in [0, 0.05) is 40.9 Å². The number of anilines is 1. The van der Waals surface area contributed by atoms with Crippen LogP contribution in [0.3, 0.4) is 0 Å². The summed E-state index contributed by atoms with van der Waals surface area (Å²) in [4.78, 5) is 43.2. The smallest absolute Gasteiger partial charge is 0.323 e. The zero-order valence-electron chi connectivity index (χ0n) is 27.3. The molecule has 0 bridgehead atoms. The topological polar surface area (TPSA) is 152 Å². The first-order valence-corrected chi connectivity index (χ1v) is 15.8. The molecule has 2 heterocycles. The molecule has 0 saturated carbocycles. The Hall–Kier alpha value is -6.10. The lowest BCUT2D eigenvalue weighted by Gasteiger charge is -2.22. The summed E-state index contributed by atoms with van der Waals surface area (Å²) in [6, 6.07) is 23.8. The van der Waals surface area contributed by atoms with E-state index in [-0.39, 0.29) is 36.3 Å². The van der Waals surface area contributed by atoms with Crippen LogP contribution in [0, 0.1) is 19.8 Å². The normalized spacial score (nSPS) is 15.4. The summed E-state index contributed by atoms with van der Waals surface area (Å²) in [5.41, 5.74) is 6.25. The maximum atomic E-state index is 13.4. The number of hydrogen-bond donors (Lipinski definition) is 2. The lowest BCUT2D eigenvalue weighted by atomic mass is 9.82. The predicted molar refractivity (Wildman–Crippen MR) is 182 cm³/mol. The van der Waals surface area contributed by atoms with Crippen LogP contribution in [0.25, 0.3) is 17.0 Å². The van der Waals surface area contributed by atoms with Crippen molar-refractivity contribution in [3.63, 3.8) is 0 Å². The molecule has 2 aromatic heterocycles. The zero-order valence-corrected chi connectivity index (χ0v) is 27.3. The number of rotatable bonds is 11. The summed E-state index contributed by atoms with van der Waals surface area (Å²) in [5, 5.41) is 20.2. The second-order valence-electron chi connectivity index (χ2n) is 12.2. The van der Waals surface area contributed by atoms with Gasteiger partial charge in [-0.05, 0) is 55.2 Å². The van der Waals surface area contributed by atoms with Gasteiger partial charge < -0.3 is 24.4 Å². The van der Waals surface area contributed by atoms with Gasteiger partial charge in [0.1, 0.15) is 12.3 Å². The summed E-state index contributed by atoms with van der Waals surface area (Å²) in [5.74, 6) is -0.0967. The van der Waals surface area contributed by atoms with Crippen LogP contribution in [-0.2, 0) is 22.6 Å². The van der Waals surface area contributed by atoms with Crippen molar-refractivity contribution < 1.29 is 28.5 Å². The maximum absolute atomic E-state index is 13.4. The highest BCUT2D eigenvalue weighted by Crippen LogP contribution is 2.35. The fourth-order valence-corrected chi connectivity index (χ4v) is 5.71. The SMILES string of the molecule is Cc1ccc(C2C=CC(c3nc(-c4ccc(CN(CC(=O)O)C(=O)c5ccc(NC(=O)Cc6cc(C)no6)cc5)cc4)no3)=CC2C)cc1. The highest BCUT2D eigenvalue weighted by atomic mass is 16.5. The van der Waals surface area contributed by atoms with Crippen molar-refractivity contribution in [3.05, 3.63) is 137 Å². The molecule has 6 rings (SSSR count). The lowest BCUT2D eigenvalue weighted by molar-refractivity contribution is -0.137. The van der Waals surface area contributed by atoms with E-state index >= 15 is 0 Å². The number of nitrogens with one attached hydrogen (secondary N) is 1. The molecule has 2 amide bonds. The Balaban J connectivity index is 1.08. The molecule has 0 aliphatic heterocycles. The van der Waals surface area contributed by atoms with Crippen molar-refractivity contribution in [2.75, 3.05) is 11.9 Å². The van der Waals surface area contributed by atoms with Crippen molar-refractivity contribution in [2.24, 2.45) is 5.92 Å². The van der Waals surface area contributed by atoms with Crippen LogP contribution in [0.2, 0.25) is 0 Å². The van der Waals surface area contributed by atoms with Crippen molar-refractivity contribution in [3.8, 4) is 11.4 Å². The van der Waals surface area contributed by atoms with E-state index in [1.54, 1.807) is 49.4 Å². The van der Waals surface area contributed by atoms with Crippen LogP contribution in [0.1, 0.15) is 57.2 Å². The fourth-order valence-electron chi connectivity index (χ4n) is 5.71. The molecule has 11 heteroatoms. The third-order valence-corrected chi connectivity index (χ3v) is 8.25. The standard InChI is InChI=1S/C38H35N5O6/c1-23-4-8-27(9-5-23)33-17-14-30(18-24(33)2)37-40-36(42-49-37)28-10-6-26(7-11-28)21-43(22-35(45)46)38(47)29-12-15-31(16-13-29)39-34(44)20-32-19-25(3)41-48-32/h4-19,24,33H,20-22H2,1-3H3,(H,39,44)(H,45,46). The minimum Gasteiger partial charge on any atom is -0.480 e. The first kappa shape index (κ1) is 32.8. The average molecular weight is 658 g/mol. The van der Waals surface area contributed by atoms with E-state index in [0.29, 0.717) is 28.9 Å². The van der Waals surface area contributed by atoms with E-state index in [1.807, 2.05) is 18.2 Å². The zero-order chi connectivity index (χ0) is 34.5. The van der Waals surface area contributed by atoms with Gasteiger partial charge in [-0.15, -0.1) is 0 Å². The molecule has 0 fully saturated rings. The second kappa shape index (κ2) is 14.3. The molecular formula is C38H35N5O6. The number of hydrogen-bond acceptors (Lipinski definition) is 8. The van der Waals surface area contributed by atoms with Crippen molar-refractivity contribution in [1.29, 1.82) is 0 Å². The first-order valence-electron chi connectivity index (χ1n) is 15.8. The Morgan fingerprint density at radius 2 is 1.65 bits per heavy atom. The quantitative estimate of drug-likeness (QED) is 0.160. The predicted octanol–water partition coefficient (Wildman–Crippen LogP) is 6.62. The van der Waals surface area contributed by atoms with Gasteiger partial charge in [0.25, 0.3) is 11.8 Å². The van der Waals surface area contributed by atoms with Gasteiger partial charge in [0.2, 0.25) is 11.7 Å². The van der Waals surface area contributed by atoms with Gasteiger partial charge in [-0.1, -0.05) is 89.6 Å². The maximum Gasteiger partial charge on any atom is 0.323 e. The molecule has 248 valence electrons. The minimum atomic E-state index is -1.14. The number of aromatic nitrogens is 3. The van der Waals surface area contributed by atoms with Crippen LogP contribution >= 0.6 is 0 Å². The van der Waals surface area contributed by atoms with Gasteiger partial charge in [-0.3, -0.25) is 14.4 Å². The molecule has 2 unspecified atom stereocenters. The average Bonchev–Trinajstić information content (AvgIpc) is 3.74. The first-order chi connectivity index (χ1) is 23.6. The van der Waals surface area contributed by atoms with E-state index in [4.69, 9.17) is 9.05 Å². The van der Waals surface area contributed by atoms with E-state index in [9.17, 15) is 19.5 Å². The molecular weight excluding hydrogens is 622 g/mol. The van der Waals surface area contributed by atoms with E-state index in [1.165, 1.54) is 16.0 Å². The number of benzene rings is 3. The molecule has 5 aromatic rings. The van der Waals surface area contributed by atoms with Crippen molar-refractivity contribution in [1.82, 2.24) is 20.2 Å². The highest BCUT2D eigenvalue weighted by molar-refractivity contribution is 5.97. The molecule has 1 aliphatic rings. The fraction of sp³-hybridized carbons (Fsp3) is 0.211. The highest BCUT2D eigenvalue weighted by Gasteiger charge is 2.23. The summed E-state index contributed by atoms with van der Waals surface area (Å²) in [7, 11) is 0. The molecule has 49 heavy (non-hydrogen) atoms. The van der Waals surface area contributed by atoms with Gasteiger partial charge in [-0.25, -0.2) is 0 Å². The van der Waals surface area contributed by atoms with Gasteiger partial charge in [-0.2, -0.15) is 4.98 Å². The minimum absolute atomic E-state index is 0.0185. The van der Waals surface area contributed by atoms with Crippen LogP contribution in [0.5, 0.6) is 0 Å². The largest absolute Gasteiger partial charge is 0.480 e. The van der Waals surface area contributed by atoms with Crippen LogP contribution in [-0.4, -0.2) is 49.6 Å². The number of carbonyl (C=O) groups excluding carboxylic acids is 2. The molecule has 2 N–H and O–H groups in total. The van der Waals surface area contributed by atoms with Crippen LogP contribution in [0.4, 0.5) is 5.69 Å². The van der Waals surface area contributed by atoms with Crippen molar-refractivity contribution >= 4 is 29.0 Å². The number of amides is 2. The number of carboxylic acids is 1. The second-order valence-corrected chi connectivity index (χ2v) is 12.2. The summed E-state index contributed by atoms with van der Waals surface area (Å²) in [6.07, 6.45) is 6.35. The van der Waals surface area contributed by atoms with Crippen LogP contribution < -0.4 is 5.32 Å². The molecule has 2 atom stereocenters. The van der Waals surface area contributed by atoms with Gasteiger partial charge in [0.15, 0.2) is 0 Å². The third-order valence-electron chi connectivity index (χ3n) is 8.25. The number of aliphatic carboxylic acids is 1. The molecule has 0 spiro atoms. The van der Waals surface area contributed by atoms with Crippen LogP contribution in [0.15, 0.2) is 106 Å². The third kappa shape index (κ3) is 8.07. The van der Waals surface area contributed by atoms with E-state index < -0.39 is 18.4 Å². The Morgan fingerprint density at radius 3 is 2.31 bits per heavy atom. The Morgan fingerprint density at radius 1 is 0.918 bits per heavy atom. The van der Waals surface area contributed by atoms with Gasteiger partial charge in [0.05, 0.1) is 12.1 Å². The summed E-state index contributed by atoms with van der Waals surface area (Å²) < 4.78 is 10.7. The summed E-state index contributed by atoms with van der Waals surface area (Å²) >= 11 is 0. The monoisotopic (exact) mass is 657 g/mol. The lowest BCUT2D eigenvalue weighted by Crippen LogP contribution is -2.35. The Kier molecular flexibility index (Phi) is 9.61.